The van der Waals surface area contributed by atoms with Gasteiger partial charge in [0.2, 0.25) is 0 Å². The highest BCUT2D eigenvalue weighted by atomic mass is 13.9. The fourth-order valence-corrected chi connectivity index (χ4v) is 1.21. The van der Waals surface area contributed by atoms with Gasteiger partial charge in [0, 0.05) is 0 Å². The number of unbranched alkanes of at least 4 members (excludes halogenated alkanes) is 4. The van der Waals surface area contributed by atoms with Crippen molar-refractivity contribution in [1.82, 2.24) is 0 Å². The Morgan fingerprint density at radius 1 is 0.786 bits per heavy atom. The van der Waals surface area contributed by atoms with Crippen LogP contribution in [0.1, 0.15) is 52.4 Å². The Bertz CT molecular complexity index is 172. The summed E-state index contributed by atoms with van der Waals surface area (Å²) in [6.45, 7) is 4.29. The Morgan fingerprint density at radius 3 is 1.93 bits per heavy atom. The second-order valence-corrected chi connectivity index (χ2v) is 3.50. The van der Waals surface area contributed by atoms with Crippen molar-refractivity contribution in [1.29, 1.82) is 0 Å². The molecule has 0 aliphatic rings. The fraction of sp³-hybridized carbons (Fsp3) is 0.571. The minimum Gasteiger partial charge on any atom is -0.0917 e. The maximum Gasteiger partial charge on any atom is -0.0347 e. The number of rotatable bonds is 8. The van der Waals surface area contributed by atoms with Gasteiger partial charge in [0.1, 0.15) is 0 Å². The molecule has 0 aromatic heterocycles. The molecule has 0 heterocycles. The monoisotopic (exact) mass is 192 g/mol. The Morgan fingerprint density at radius 2 is 1.36 bits per heavy atom. The first-order valence-electron chi connectivity index (χ1n) is 5.84. The van der Waals surface area contributed by atoms with Crippen LogP contribution < -0.4 is 0 Å². The van der Waals surface area contributed by atoms with Crippen molar-refractivity contribution in [2.45, 2.75) is 52.4 Å². The Balaban J connectivity index is 3.18. The molecule has 0 N–H and O–H groups in total. The van der Waals surface area contributed by atoms with Crippen LogP contribution in [0.2, 0.25) is 0 Å². The zero-order chi connectivity index (χ0) is 10.5. The van der Waals surface area contributed by atoms with Crippen LogP contribution >= 0.6 is 0 Å². The molecule has 0 aliphatic heterocycles. The number of hydrogen-bond acceptors (Lipinski definition) is 0. The van der Waals surface area contributed by atoms with Crippen molar-refractivity contribution in [2.75, 3.05) is 0 Å². The molecule has 14 heavy (non-hydrogen) atoms. The highest BCUT2D eigenvalue weighted by molar-refractivity contribution is 5.02. The van der Waals surface area contributed by atoms with E-state index in [9.17, 15) is 0 Å². The fourth-order valence-electron chi connectivity index (χ4n) is 1.21. The molecule has 0 saturated heterocycles. The molecule has 0 spiro atoms. The smallest absolute Gasteiger partial charge is 0.0347 e. The van der Waals surface area contributed by atoms with Crippen molar-refractivity contribution in [3.05, 3.63) is 36.5 Å². The van der Waals surface area contributed by atoms with Gasteiger partial charge in [0.15, 0.2) is 0 Å². The van der Waals surface area contributed by atoms with E-state index in [0.29, 0.717) is 0 Å². The van der Waals surface area contributed by atoms with E-state index in [1.807, 2.05) is 0 Å². The van der Waals surface area contributed by atoms with Crippen LogP contribution in [0, 0.1) is 0 Å². The first-order chi connectivity index (χ1) is 6.91. The summed E-state index contributed by atoms with van der Waals surface area (Å²) >= 11 is 0. The summed E-state index contributed by atoms with van der Waals surface area (Å²) in [4.78, 5) is 0. The molecule has 0 unspecified atom stereocenters. The molecule has 0 aliphatic carbocycles. The molecule has 0 aromatic rings. The molecular weight excluding hydrogens is 168 g/mol. The van der Waals surface area contributed by atoms with Crippen molar-refractivity contribution in [3.63, 3.8) is 0 Å². The van der Waals surface area contributed by atoms with E-state index in [2.05, 4.69) is 50.3 Å². The third-order valence-corrected chi connectivity index (χ3v) is 2.07. The lowest BCUT2D eigenvalue weighted by atomic mass is 10.2. The molecule has 0 fully saturated rings. The minimum atomic E-state index is 1.20. The Hall–Kier alpha value is -0.780. The van der Waals surface area contributed by atoms with Crippen LogP contribution in [0.15, 0.2) is 36.5 Å². The average molecular weight is 192 g/mol. The third kappa shape index (κ3) is 11.2. The molecule has 80 valence electrons. The highest BCUT2D eigenvalue weighted by Crippen LogP contribution is 2.01. The van der Waals surface area contributed by atoms with Gasteiger partial charge in [-0.1, -0.05) is 49.8 Å². The van der Waals surface area contributed by atoms with Crippen molar-refractivity contribution in [3.8, 4) is 0 Å². The van der Waals surface area contributed by atoms with Crippen LogP contribution in [-0.2, 0) is 0 Å². The first-order valence-corrected chi connectivity index (χ1v) is 5.84. The second kappa shape index (κ2) is 12.2. The predicted octanol–water partition coefficient (Wildman–Crippen LogP) is 5.04. The zero-order valence-electron chi connectivity index (χ0n) is 9.71. The maximum atomic E-state index is 2.27. The summed E-state index contributed by atoms with van der Waals surface area (Å²) in [7, 11) is 0. The van der Waals surface area contributed by atoms with Gasteiger partial charge >= 0.3 is 0 Å². The van der Waals surface area contributed by atoms with E-state index < -0.39 is 0 Å². The first kappa shape index (κ1) is 13.2. The van der Waals surface area contributed by atoms with Crippen LogP contribution in [0.5, 0.6) is 0 Å². The normalized spacial score (nSPS) is 12.4. The van der Waals surface area contributed by atoms with Gasteiger partial charge in [-0.15, -0.1) is 0 Å². The number of hydrogen-bond donors (Lipinski definition) is 0. The topological polar surface area (TPSA) is 0 Å². The standard InChI is InChI=1S/C14H24/c1-3-5-7-9-11-13-14-12-10-8-6-4-2/h3,5,8,10,12,14H,4,6-7,9,11,13H2,1-2H3. The van der Waals surface area contributed by atoms with Crippen molar-refractivity contribution in [2.24, 2.45) is 0 Å². The summed E-state index contributed by atoms with van der Waals surface area (Å²) in [5, 5.41) is 0. The van der Waals surface area contributed by atoms with Gasteiger partial charge in [-0.05, 0) is 39.0 Å². The molecule has 0 amide bonds. The van der Waals surface area contributed by atoms with Gasteiger partial charge < -0.3 is 0 Å². The molecule has 0 rings (SSSR count). The minimum absolute atomic E-state index is 1.20. The lowest BCUT2D eigenvalue weighted by molar-refractivity contribution is 0.762. The summed E-state index contributed by atoms with van der Waals surface area (Å²) in [6, 6.07) is 0. The van der Waals surface area contributed by atoms with Crippen LogP contribution in [0.25, 0.3) is 0 Å². The quantitative estimate of drug-likeness (QED) is 0.287. The molecule has 0 atom stereocenters. The molecule has 0 nitrogen and oxygen atoms in total. The van der Waals surface area contributed by atoms with Gasteiger partial charge in [-0.3, -0.25) is 0 Å². The lowest BCUT2D eigenvalue weighted by Gasteiger charge is -1.91. The maximum absolute atomic E-state index is 2.27. The van der Waals surface area contributed by atoms with E-state index in [-0.39, 0.29) is 0 Å². The largest absolute Gasteiger partial charge is 0.0917 e. The van der Waals surface area contributed by atoms with Crippen molar-refractivity contribution >= 4 is 0 Å². The number of allylic oxidation sites excluding steroid dienone is 6. The summed E-state index contributed by atoms with van der Waals surface area (Å²) < 4.78 is 0. The molecule has 0 aromatic carbocycles. The Labute approximate surface area is 89.4 Å². The lowest BCUT2D eigenvalue weighted by Crippen LogP contribution is -1.71. The highest BCUT2D eigenvalue weighted by Gasteiger charge is 1.81. The molecule has 0 bridgehead atoms. The Kier molecular flexibility index (Phi) is 11.5. The third-order valence-electron chi connectivity index (χ3n) is 2.07. The van der Waals surface area contributed by atoms with Gasteiger partial charge in [0.25, 0.3) is 0 Å². The van der Waals surface area contributed by atoms with Gasteiger partial charge in [0.05, 0.1) is 0 Å². The summed E-state index contributed by atoms with van der Waals surface area (Å²) in [5.74, 6) is 0. The predicted molar refractivity (Wildman–Crippen MR) is 66.5 cm³/mol. The molecule has 0 heteroatoms. The molecule has 0 saturated carbocycles. The SMILES string of the molecule is CC=CCCCCC=CC=CCCC. The van der Waals surface area contributed by atoms with Crippen LogP contribution in [-0.4, -0.2) is 0 Å². The van der Waals surface area contributed by atoms with E-state index >= 15 is 0 Å². The summed E-state index contributed by atoms with van der Waals surface area (Å²) in [6.07, 6.45) is 20.7. The molecule has 0 radical (unpaired) electrons. The van der Waals surface area contributed by atoms with E-state index in [1.165, 1.54) is 38.5 Å². The van der Waals surface area contributed by atoms with Gasteiger partial charge in [-0.25, -0.2) is 0 Å². The van der Waals surface area contributed by atoms with E-state index in [1.54, 1.807) is 0 Å². The zero-order valence-corrected chi connectivity index (χ0v) is 9.71. The average Bonchev–Trinajstić information content (AvgIpc) is 2.21. The van der Waals surface area contributed by atoms with E-state index in [4.69, 9.17) is 0 Å². The van der Waals surface area contributed by atoms with Crippen LogP contribution in [0.4, 0.5) is 0 Å². The van der Waals surface area contributed by atoms with Gasteiger partial charge in [-0.2, -0.15) is 0 Å². The van der Waals surface area contributed by atoms with Crippen LogP contribution in [0.3, 0.4) is 0 Å². The van der Waals surface area contributed by atoms with E-state index in [0.717, 1.165) is 0 Å². The van der Waals surface area contributed by atoms with Crippen molar-refractivity contribution < 1.29 is 0 Å². The molecular formula is C14H24. The second-order valence-electron chi connectivity index (χ2n) is 3.50. The summed E-state index contributed by atoms with van der Waals surface area (Å²) in [5.41, 5.74) is 0.